The molecule has 0 unspecified atom stereocenters. The number of likely N-dealkylation sites (tertiary alicyclic amines) is 1. The molecule has 0 atom stereocenters. The molecule has 0 amide bonds. The van der Waals surface area contributed by atoms with Crippen LogP contribution in [0.15, 0.2) is 60.7 Å². The summed E-state index contributed by atoms with van der Waals surface area (Å²) in [5.41, 5.74) is -0.0274. The number of ether oxygens (including phenoxy) is 1. The van der Waals surface area contributed by atoms with Gasteiger partial charge >= 0.3 is 7.40 Å². The fourth-order valence-electron chi connectivity index (χ4n) is 3.02. The highest BCUT2D eigenvalue weighted by atomic mass is 16.6. The van der Waals surface area contributed by atoms with Crippen molar-refractivity contribution in [1.29, 1.82) is 0 Å². The van der Waals surface area contributed by atoms with E-state index in [1.807, 2.05) is 31.3 Å². The number of nitrogens with zero attached hydrogens (tertiary/aromatic N) is 1. The smallest absolute Gasteiger partial charge is 0.447 e. The average Bonchev–Trinajstić information content (AvgIpc) is 2.64. The lowest BCUT2D eigenvalue weighted by Crippen LogP contribution is -2.51. The molecule has 1 aliphatic rings. The van der Waals surface area contributed by atoms with Gasteiger partial charge in [-0.25, -0.2) is 4.79 Å². The number of esters is 1. The third-order valence-electron chi connectivity index (χ3n) is 4.54. The number of piperidine rings is 1. The van der Waals surface area contributed by atoms with Crippen LogP contribution in [0.25, 0.3) is 0 Å². The molecule has 4 nitrogen and oxygen atoms in total. The molecule has 0 aliphatic carbocycles. The van der Waals surface area contributed by atoms with Gasteiger partial charge in [0.1, 0.15) is 0 Å². The molecule has 0 N–H and O–H groups in total. The summed E-state index contributed by atoms with van der Waals surface area (Å²) >= 11 is 0. The normalized spacial score (nSPS) is 17.2. The van der Waals surface area contributed by atoms with Crippen molar-refractivity contribution in [2.24, 2.45) is 0 Å². The Morgan fingerprint density at radius 2 is 1.42 bits per heavy atom. The first-order valence-corrected chi connectivity index (χ1v) is 8.17. The van der Waals surface area contributed by atoms with Crippen molar-refractivity contribution >= 4 is 11.8 Å². The van der Waals surface area contributed by atoms with Crippen molar-refractivity contribution in [2.45, 2.75) is 18.4 Å². The van der Waals surface area contributed by atoms with Crippen LogP contribution in [0.5, 0.6) is 0 Å². The van der Waals surface area contributed by atoms with Crippen LogP contribution < -0.4 is 0 Å². The Morgan fingerprint density at radius 3 is 1.96 bits per heavy atom. The summed E-state index contributed by atoms with van der Waals surface area (Å²) in [5, 5.41) is 0. The topological polar surface area (TPSA) is 46.6 Å². The minimum absolute atomic E-state index is 0. The van der Waals surface area contributed by atoms with E-state index in [2.05, 4.69) is 4.90 Å². The van der Waals surface area contributed by atoms with Gasteiger partial charge in [-0.3, -0.25) is 4.79 Å². The number of carbonyl (C=O) groups is 2. The average molecular weight is 324 g/mol. The van der Waals surface area contributed by atoms with Crippen LogP contribution in [0, 0.1) is 0 Å². The zero-order chi connectivity index (χ0) is 17.0. The van der Waals surface area contributed by atoms with Crippen LogP contribution >= 0.6 is 0 Å². The Bertz CT molecular complexity index is 710. The number of carbonyl (C=O) groups excluding carboxylic acids is 2. The van der Waals surface area contributed by atoms with E-state index in [-0.39, 0.29) is 7.21 Å². The van der Waals surface area contributed by atoms with E-state index in [0.717, 1.165) is 13.1 Å². The number of hydrogen-bond donors (Lipinski definition) is 0. The minimum atomic E-state index is -1.08. The number of rotatable bonds is 4. The van der Waals surface area contributed by atoms with Crippen LogP contribution in [-0.4, -0.2) is 42.4 Å². The number of benzene rings is 2. The first-order valence-electron chi connectivity index (χ1n) is 8.17. The highest BCUT2D eigenvalue weighted by Gasteiger charge is 2.44. The van der Waals surface area contributed by atoms with Gasteiger partial charge < -0.3 is 9.64 Å². The molecule has 1 saturated heterocycles. The van der Waals surface area contributed by atoms with Gasteiger partial charge in [0.2, 0.25) is 5.78 Å². The highest BCUT2D eigenvalue weighted by Crippen LogP contribution is 2.31. The molecular formula is C20H22NO3+. The minimum Gasteiger partial charge on any atom is -0.447 e. The predicted octanol–water partition coefficient (Wildman–Crippen LogP) is 3.30. The molecule has 2 aromatic carbocycles. The summed E-state index contributed by atoms with van der Waals surface area (Å²) in [5.74, 6) is -0.551. The summed E-state index contributed by atoms with van der Waals surface area (Å²) in [7, 11) is 2.01. The van der Waals surface area contributed by atoms with E-state index in [4.69, 9.17) is 4.74 Å². The van der Waals surface area contributed by atoms with Crippen molar-refractivity contribution in [3.63, 3.8) is 0 Å². The summed E-state index contributed by atoms with van der Waals surface area (Å²) in [6.07, 6.45) is 1.02. The maximum atomic E-state index is 13.1. The van der Waals surface area contributed by atoms with Gasteiger partial charge in [-0.1, -0.05) is 48.5 Å². The second-order valence-corrected chi connectivity index (χ2v) is 6.25. The van der Waals surface area contributed by atoms with Gasteiger partial charge in [0.15, 0.2) is 5.60 Å². The quantitative estimate of drug-likeness (QED) is 0.639. The highest BCUT2D eigenvalue weighted by molar-refractivity contribution is 6.04. The van der Waals surface area contributed by atoms with E-state index in [9.17, 15) is 9.59 Å². The molecule has 0 saturated carbocycles. The molecule has 24 heavy (non-hydrogen) atoms. The van der Waals surface area contributed by atoms with Crippen LogP contribution in [0.2, 0.25) is 0 Å². The largest absolute Gasteiger partial charge is 1.00 e. The monoisotopic (exact) mass is 324 g/mol. The predicted molar refractivity (Wildman–Crippen MR) is 93.2 cm³/mol. The Kier molecular flexibility index (Phi) is 4.76. The molecule has 1 fully saturated rings. The molecule has 4 heteroatoms. The lowest BCUT2D eigenvalue weighted by molar-refractivity contribution is -0.0327. The molecule has 0 bridgehead atoms. The summed E-state index contributed by atoms with van der Waals surface area (Å²) < 4.78 is 5.81. The van der Waals surface area contributed by atoms with E-state index < -0.39 is 11.6 Å². The molecule has 124 valence electrons. The van der Waals surface area contributed by atoms with E-state index in [0.29, 0.717) is 24.0 Å². The molecule has 2 aromatic rings. The van der Waals surface area contributed by atoms with Crippen molar-refractivity contribution in [2.75, 3.05) is 20.1 Å². The number of Topliss-reactive ketones (excluding diaryl/α,β-unsaturated/α-hetero) is 1. The van der Waals surface area contributed by atoms with Crippen LogP contribution in [0.4, 0.5) is 0 Å². The lowest BCUT2D eigenvalue weighted by atomic mass is 9.83. The van der Waals surface area contributed by atoms with E-state index in [1.54, 1.807) is 36.4 Å². The van der Waals surface area contributed by atoms with Crippen molar-refractivity contribution in [1.82, 2.24) is 4.90 Å². The first-order chi connectivity index (χ1) is 11.6. The third kappa shape index (κ3) is 3.39. The third-order valence-corrected chi connectivity index (χ3v) is 4.54. The van der Waals surface area contributed by atoms with Crippen molar-refractivity contribution in [3.8, 4) is 0 Å². The van der Waals surface area contributed by atoms with Gasteiger partial charge in [-0.05, 0) is 19.2 Å². The van der Waals surface area contributed by atoms with Crippen LogP contribution in [-0.2, 0) is 4.74 Å². The van der Waals surface area contributed by atoms with Crippen LogP contribution in [0.3, 0.4) is 0 Å². The van der Waals surface area contributed by atoms with Crippen molar-refractivity contribution in [3.05, 3.63) is 71.8 Å². The second-order valence-electron chi connectivity index (χ2n) is 6.25. The standard InChI is InChI=1S/C20H21NO3/c1-21-14-12-20(13-15-21,18(22)16-8-4-2-5-9-16)24-19(23)17-10-6-3-7-11-17/h2-11H,12-15H2,1H3/p+1. The zero-order valence-electron chi connectivity index (χ0n) is 14.8. The summed E-state index contributed by atoms with van der Waals surface area (Å²) in [6, 6.07) is 17.9. The van der Waals surface area contributed by atoms with Gasteiger partial charge in [0, 0.05) is 31.5 Å². The fourth-order valence-corrected chi connectivity index (χ4v) is 3.02. The van der Waals surface area contributed by atoms with E-state index in [1.165, 1.54) is 0 Å². The Morgan fingerprint density at radius 1 is 0.917 bits per heavy atom. The molecule has 0 aromatic heterocycles. The number of ketones is 1. The van der Waals surface area contributed by atoms with Crippen molar-refractivity contribution < 1.29 is 15.8 Å². The summed E-state index contributed by atoms with van der Waals surface area (Å²) in [4.78, 5) is 27.8. The van der Waals surface area contributed by atoms with Crippen LogP contribution in [0.1, 0.15) is 35.0 Å². The van der Waals surface area contributed by atoms with Gasteiger partial charge in [-0.2, -0.15) is 0 Å². The number of hydrogen-bond acceptors (Lipinski definition) is 4. The Hall–Kier alpha value is -2.46. The molecule has 1 aliphatic heterocycles. The SMILES string of the molecule is CN1CCC(OC(=O)c2ccccc2)(C(=O)c2ccccc2)CC1.[H+]. The molecular weight excluding hydrogens is 302 g/mol. The Labute approximate surface area is 143 Å². The van der Waals surface area contributed by atoms with Gasteiger partial charge in [0.05, 0.1) is 5.56 Å². The lowest BCUT2D eigenvalue weighted by Gasteiger charge is -2.38. The molecule has 0 radical (unpaired) electrons. The molecule has 3 rings (SSSR count). The second kappa shape index (κ2) is 6.97. The first kappa shape index (κ1) is 16.4. The van der Waals surface area contributed by atoms with Gasteiger partial charge in [-0.15, -0.1) is 0 Å². The molecule has 0 spiro atoms. The maximum Gasteiger partial charge on any atom is 1.00 e. The maximum absolute atomic E-state index is 13.1. The molecule has 1 heterocycles. The zero-order valence-corrected chi connectivity index (χ0v) is 13.8. The fraction of sp³-hybridized carbons (Fsp3) is 0.300. The van der Waals surface area contributed by atoms with Gasteiger partial charge in [0.25, 0.3) is 0 Å². The summed E-state index contributed by atoms with van der Waals surface area (Å²) in [6.45, 7) is 1.45. The van der Waals surface area contributed by atoms with E-state index >= 15 is 0 Å². The Balaban J connectivity index is 0.00000225.